The van der Waals surface area contributed by atoms with E-state index in [1.54, 1.807) is 6.20 Å². The zero-order chi connectivity index (χ0) is 17.7. The topological polar surface area (TPSA) is 69.5 Å². The summed E-state index contributed by atoms with van der Waals surface area (Å²) in [6.45, 7) is 3.25. The molecule has 1 aliphatic carbocycles. The largest absolute Gasteiger partial charge is 0.471 e. The van der Waals surface area contributed by atoms with Crippen LogP contribution in [0, 0.1) is 17.8 Å². The first-order valence-corrected chi connectivity index (χ1v) is 9.16. The molecule has 2 aliphatic heterocycles. The number of carbonyl (C=O) groups is 1. The molecular formula is C19H22N4O3. The van der Waals surface area contributed by atoms with E-state index in [0.717, 1.165) is 37.4 Å². The van der Waals surface area contributed by atoms with Gasteiger partial charge >= 0.3 is 0 Å². The van der Waals surface area contributed by atoms with E-state index in [1.165, 1.54) is 5.69 Å². The zero-order valence-electron chi connectivity index (χ0n) is 14.8. The van der Waals surface area contributed by atoms with Crippen LogP contribution in [0.5, 0.6) is 5.88 Å². The average molecular weight is 354 g/mol. The Hall–Kier alpha value is -2.41. The number of hydrogen-bond donors (Lipinski definition) is 0. The number of nitrogens with zero attached hydrogens (tertiary/aromatic N) is 4. The van der Waals surface area contributed by atoms with Gasteiger partial charge in [0.2, 0.25) is 11.8 Å². The molecular weight excluding hydrogens is 332 g/mol. The molecule has 1 saturated heterocycles. The Bertz CT molecular complexity index is 825. The van der Waals surface area contributed by atoms with Crippen molar-refractivity contribution >= 4 is 5.91 Å². The lowest BCUT2D eigenvalue weighted by Crippen LogP contribution is -2.38. The van der Waals surface area contributed by atoms with Gasteiger partial charge in [-0.15, -0.1) is 0 Å². The van der Waals surface area contributed by atoms with Crippen molar-refractivity contribution in [1.29, 1.82) is 0 Å². The SMILES string of the molecule is Cn1nc(COc2ccccn2)c2c1CCN(C(=O)C1[C@H]3COC[C@@H]13)C2. The predicted molar refractivity (Wildman–Crippen MR) is 92.2 cm³/mol. The second-order valence-corrected chi connectivity index (χ2v) is 7.35. The molecule has 0 radical (unpaired) electrons. The maximum absolute atomic E-state index is 12.9. The van der Waals surface area contributed by atoms with Crippen LogP contribution in [-0.4, -0.2) is 45.3 Å². The van der Waals surface area contributed by atoms with Crippen molar-refractivity contribution in [3.8, 4) is 5.88 Å². The molecule has 2 aromatic heterocycles. The Morgan fingerprint density at radius 2 is 2.19 bits per heavy atom. The number of aromatic nitrogens is 3. The smallest absolute Gasteiger partial charge is 0.226 e. The van der Waals surface area contributed by atoms with Crippen molar-refractivity contribution in [2.45, 2.75) is 19.6 Å². The molecule has 0 bridgehead atoms. The maximum atomic E-state index is 12.9. The summed E-state index contributed by atoms with van der Waals surface area (Å²) in [4.78, 5) is 19.1. The summed E-state index contributed by atoms with van der Waals surface area (Å²) in [5.41, 5.74) is 3.23. The minimum atomic E-state index is 0.176. The van der Waals surface area contributed by atoms with Crippen LogP contribution in [-0.2, 0) is 36.2 Å². The molecule has 26 heavy (non-hydrogen) atoms. The molecule has 5 rings (SSSR count). The van der Waals surface area contributed by atoms with Gasteiger partial charge in [-0.2, -0.15) is 5.10 Å². The first-order valence-electron chi connectivity index (χ1n) is 9.16. The number of carbonyl (C=O) groups excluding carboxylic acids is 1. The first-order chi connectivity index (χ1) is 12.7. The molecule has 7 heteroatoms. The fourth-order valence-corrected chi connectivity index (χ4v) is 4.37. The summed E-state index contributed by atoms with van der Waals surface area (Å²) in [5.74, 6) is 1.94. The Morgan fingerprint density at radius 1 is 1.35 bits per heavy atom. The van der Waals surface area contributed by atoms with Crippen molar-refractivity contribution in [3.63, 3.8) is 0 Å². The van der Waals surface area contributed by atoms with Crippen molar-refractivity contribution in [1.82, 2.24) is 19.7 Å². The van der Waals surface area contributed by atoms with E-state index >= 15 is 0 Å². The van der Waals surface area contributed by atoms with Crippen LogP contribution < -0.4 is 4.74 Å². The third-order valence-electron chi connectivity index (χ3n) is 5.87. The molecule has 1 unspecified atom stereocenters. The fraction of sp³-hybridized carbons (Fsp3) is 0.526. The fourth-order valence-electron chi connectivity index (χ4n) is 4.37. The Morgan fingerprint density at radius 3 is 2.96 bits per heavy atom. The highest BCUT2D eigenvalue weighted by molar-refractivity contribution is 5.83. The van der Waals surface area contributed by atoms with Crippen LogP contribution in [0.15, 0.2) is 24.4 Å². The van der Waals surface area contributed by atoms with E-state index in [-0.39, 0.29) is 11.8 Å². The molecule has 0 spiro atoms. The number of aryl methyl sites for hydroxylation is 1. The van der Waals surface area contributed by atoms with E-state index < -0.39 is 0 Å². The highest BCUT2D eigenvalue weighted by atomic mass is 16.5. The molecule has 3 aliphatic rings. The summed E-state index contributed by atoms with van der Waals surface area (Å²) in [5, 5.41) is 4.62. The summed E-state index contributed by atoms with van der Waals surface area (Å²) in [6, 6.07) is 5.59. The van der Waals surface area contributed by atoms with Crippen molar-refractivity contribution < 1.29 is 14.3 Å². The Labute approximate surface area is 151 Å². The number of hydrogen-bond acceptors (Lipinski definition) is 5. The van der Waals surface area contributed by atoms with Gasteiger partial charge in [-0.05, 0) is 17.9 Å². The molecule has 0 N–H and O–H groups in total. The normalized spacial score (nSPS) is 26.3. The molecule has 3 atom stereocenters. The standard InChI is InChI=1S/C19H22N4O3/c1-22-16-5-7-23(19(24)18-13-9-25-10-14(13)18)8-12(16)15(21-22)11-26-17-4-2-3-6-20-17/h2-4,6,13-14,18H,5,7-11H2,1H3/t13-,14+,18?. The van der Waals surface area contributed by atoms with Crippen LogP contribution in [0.3, 0.4) is 0 Å². The Balaban J connectivity index is 1.31. The number of amides is 1. The molecule has 4 heterocycles. The summed E-state index contributed by atoms with van der Waals surface area (Å²) in [6.07, 6.45) is 2.55. The molecule has 0 aromatic carbocycles. The van der Waals surface area contributed by atoms with E-state index in [4.69, 9.17) is 9.47 Å². The van der Waals surface area contributed by atoms with Gasteiger partial charge < -0.3 is 14.4 Å². The monoisotopic (exact) mass is 354 g/mol. The van der Waals surface area contributed by atoms with E-state index in [9.17, 15) is 4.79 Å². The summed E-state index contributed by atoms with van der Waals surface area (Å²) >= 11 is 0. The Kier molecular flexibility index (Phi) is 3.70. The molecule has 7 nitrogen and oxygen atoms in total. The third-order valence-corrected chi connectivity index (χ3v) is 5.87. The van der Waals surface area contributed by atoms with Gasteiger partial charge in [0.15, 0.2) is 0 Å². The van der Waals surface area contributed by atoms with Crippen LogP contribution in [0.4, 0.5) is 0 Å². The molecule has 136 valence electrons. The lowest BCUT2D eigenvalue weighted by molar-refractivity contribution is -0.135. The van der Waals surface area contributed by atoms with E-state index in [1.807, 2.05) is 34.8 Å². The van der Waals surface area contributed by atoms with Gasteiger partial charge in [-0.3, -0.25) is 9.48 Å². The average Bonchev–Trinajstić information content (AvgIpc) is 3.00. The van der Waals surface area contributed by atoms with Gasteiger partial charge in [0.25, 0.3) is 0 Å². The minimum absolute atomic E-state index is 0.176. The predicted octanol–water partition coefficient (Wildman–Crippen LogP) is 1.17. The van der Waals surface area contributed by atoms with Crippen LogP contribution in [0.2, 0.25) is 0 Å². The third kappa shape index (κ3) is 2.58. The van der Waals surface area contributed by atoms with E-state index in [2.05, 4.69) is 10.1 Å². The maximum Gasteiger partial charge on any atom is 0.226 e. The van der Waals surface area contributed by atoms with Crippen LogP contribution >= 0.6 is 0 Å². The number of rotatable bonds is 4. The van der Waals surface area contributed by atoms with Gasteiger partial charge in [-0.1, -0.05) is 6.07 Å². The van der Waals surface area contributed by atoms with E-state index in [0.29, 0.717) is 30.9 Å². The molecule has 1 saturated carbocycles. The zero-order valence-corrected chi connectivity index (χ0v) is 14.8. The van der Waals surface area contributed by atoms with Crippen molar-refractivity contribution in [3.05, 3.63) is 41.3 Å². The summed E-state index contributed by atoms with van der Waals surface area (Å²) in [7, 11) is 1.96. The lowest BCUT2D eigenvalue weighted by Gasteiger charge is -2.28. The number of fused-ring (bicyclic) bond motifs is 2. The summed E-state index contributed by atoms with van der Waals surface area (Å²) < 4.78 is 13.1. The van der Waals surface area contributed by atoms with Crippen LogP contribution in [0.1, 0.15) is 17.0 Å². The van der Waals surface area contributed by atoms with Crippen LogP contribution in [0.25, 0.3) is 0 Å². The van der Waals surface area contributed by atoms with Gasteiger partial charge in [0, 0.05) is 56.0 Å². The second-order valence-electron chi connectivity index (χ2n) is 7.35. The minimum Gasteiger partial charge on any atom is -0.471 e. The van der Waals surface area contributed by atoms with Crippen molar-refractivity contribution in [2.24, 2.45) is 24.8 Å². The quantitative estimate of drug-likeness (QED) is 0.824. The van der Waals surface area contributed by atoms with Gasteiger partial charge in [0.1, 0.15) is 12.3 Å². The van der Waals surface area contributed by atoms with Gasteiger partial charge in [0.05, 0.1) is 13.2 Å². The number of pyridine rings is 1. The molecule has 2 aromatic rings. The highest BCUT2D eigenvalue weighted by Crippen LogP contribution is 2.51. The highest BCUT2D eigenvalue weighted by Gasteiger charge is 2.59. The lowest BCUT2D eigenvalue weighted by atomic mass is 10.0. The molecule has 2 fully saturated rings. The van der Waals surface area contributed by atoms with Crippen molar-refractivity contribution in [2.75, 3.05) is 19.8 Å². The first kappa shape index (κ1) is 15.8. The number of ether oxygens (including phenoxy) is 2. The molecule has 1 amide bonds. The van der Waals surface area contributed by atoms with Gasteiger partial charge in [-0.25, -0.2) is 4.98 Å². The second kappa shape index (κ2) is 6.09.